The minimum absolute atomic E-state index is 0.424. The van der Waals surface area contributed by atoms with Crippen molar-refractivity contribution >= 4 is 0 Å². The van der Waals surface area contributed by atoms with Gasteiger partial charge in [-0.2, -0.15) is 0 Å². The average Bonchev–Trinajstić information content (AvgIpc) is 2.37. The number of aryl methyl sites for hydroxylation is 1. The van der Waals surface area contributed by atoms with Crippen molar-refractivity contribution in [2.45, 2.75) is 78.6 Å². The lowest BCUT2D eigenvalue weighted by Crippen LogP contribution is -2.48. The Hall–Kier alpha value is -0.780. The molecule has 0 nitrogen and oxygen atoms in total. The van der Waals surface area contributed by atoms with Gasteiger partial charge in [0.25, 0.3) is 0 Å². The van der Waals surface area contributed by atoms with Gasteiger partial charge in [-0.3, -0.25) is 0 Å². The van der Waals surface area contributed by atoms with Gasteiger partial charge in [-0.1, -0.05) is 46.2 Å². The fourth-order valence-electron chi connectivity index (χ4n) is 5.57. The highest BCUT2D eigenvalue weighted by atomic mass is 14.5. The molecule has 0 bridgehead atoms. The molecular weight excluding hydrogens is 240 g/mol. The highest BCUT2D eigenvalue weighted by molar-refractivity contribution is 5.47. The van der Waals surface area contributed by atoms with Crippen LogP contribution in [0, 0.1) is 18.3 Å². The maximum absolute atomic E-state index is 2.56. The highest BCUT2D eigenvalue weighted by Gasteiger charge is 2.49. The van der Waals surface area contributed by atoms with Crippen LogP contribution in [-0.4, -0.2) is 0 Å². The molecule has 0 heterocycles. The molecule has 2 atom stereocenters. The third-order valence-corrected chi connectivity index (χ3v) is 6.55. The minimum atomic E-state index is 0.424. The van der Waals surface area contributed by atoms with Gasteiger partial charge in [-0.15, -0.1) is 0 Å². The van der Waals surface area contributed by atoms with Crippen molar-refractivity contribution in [1.82, 2.24) is 0 Å². The Bertz CT molecular complexity index is 523. The molecule has 0 aromatic heterocycles. The topological polar surface area (TPSA) is 0 Å². The van der Waals surface area contributed by atoms with Crippen LogP contribution in [0.2, 0.25) is 0 Å². The number of fused-ring (bicyclic) bond motifs is 3. The maximum atomic E-state index is 2.56. The lowest BCUT2D eigenvalue weighted by Gasteiger charge is -2.54. The van der Waals surface area contributed by atoms with E-state index in [0.717, 1.165) is 5.92 Å². The minimum Gasteiger partial charge on any atom is -0.0613 e. The Balaban J connectivity index is 2.16. The van der Waals surface area contributed by atoms with Crippen LogP contribution < -0.4 is 0 Å². The number of benzene rings is 1. The SMILES string of the molecule is CCc1c(C)ccc2c1CCC1C(C)(C)CCCC21C. The Kier molecular flexibility index (Phi) is 3.27. The molecule has 110 valence electrons. The van der Waals surface area contributed by atoms with Crippen molar-refractivity contribution in [3.63, 3.8) is 0 Å². The Labute approximate surface area is 125 Å². The Morgan fingerprint density at radius 3 is 2.60 bits per heavy atom. The van der Waals surface area contributed by atoms with Gasteiger partial charge in [0.05, 0.1) is 0 Å². The Morgan fingerprint density at radius 1 is 1.15 bits per heavy atom. The summed E-state index contributed by atoms with van der Waals surface area (Å²) in [6, 6.07) is 4.85. The van der Waals surface area contributed by atoms with Crippen molar-refractivity contribution in [2.24, 2.45) is 11.3 Å². The lowest BCUT2D eigenvalue weighted by molar-refractivity contribution is 0.0405. The fourth-order valence-corrected chi connectivity index (χ4v) is 5.57. The van der Waals surface area contributed by atoms with Gasteiger partial charge in [0, 0.05) is 0 Å². The fraction of sp³-hybridized carbons (Fsp3) is 0.700. The zero-order valence-corrected chi connectivity index (χ0v) is 14.0. The molecule has 2 aliphatic carbocycles. The van der Waals surface area contributed by atoms with Crippen LogP contribution in [0.1, 0.15) is 75.6 Å². The summed E-state index contributed by atoms with van der Waals surface area (Å²) in [5, 5.41) is 0. The summed E-state index contributed by atoms with van der Waals surface area (Å²) in [7, 11) is 0. The van der Waals surface area contributed by atoms with E-state index < -0.39 is 0 Å². The first-order valence-corrected chi connectivity index (χ1v) is 8.52. The largest absolute Gasteiger partial charge is 0.0613 e. The Morgan fingerprint density at radius 2 is 1.90 bits per heavy atom. The van der Waals surface area contributed by atoms with Gasteiger partial charge in [0.15, 0.2) is 0 Å². The summed E-state index contributed by atoms with van der Waals surface area (Å²) in [6.45, 7) is 12.2. The van der Waals surface area contributed by atoms with E-state index >= 15 is 0 Å². The molecule has 0 saturated heterocycles. The van der Waals surface area contributed by atoms with Gasteiger partial charge in [-0.05, 0) is 78.0 Å². The third-order valence-electron chi connectivity index (χ3n) is 6.55. The molecule has 1 aromatic rings. The monoisotopic (exact) mass is 270 g/mol. The van der Waals surface area contributed by atoms with Crippen LogP contribution in [0.5, 0.6) is 0 Å². The standard InChI is InChI=1S/C20H30/c1-6-15-14(2)8-10-17-16(15)9-11-18-19(3,4)12-7-13-20(17,18)5/h8,10,18H,6-7,9,11-13H2,1-5H3. The van der Waals surface area contributed by atoms with E-state index in [2.05, 4.69) is 46.8 Å². The van der Waals surface area contributed by atoms with Crippen LogP contribution in [0.4, 0.5) is 0 Å². The average molecular weight is 270 g/mol. The predicted molar refractivity (Wildman–Crippen MR) is 87.4 cm³/mol. The molecule has 2 aliphatic rings. The van der Waals surface area contributed by atoms with Crippen molar-refractivity contribution in [3.05, 3.63) is 34.4 Å². The first kappa shape index (κ1) is 14.2. The van der Waals surface area contributed by atoms with Gasteiger partial charge in [0.1, 0.15) is 0 Å². The number of hydrogen-bond donors (Lipinski definition) is 0. The molecule has 0 spiro atoms. The van der Waals surface area contributed by atoms with E-state index in [9.17, 15) is 0 Å². The first-order valence-electron chi connectivity index (χ1n) is 8.52. The van der Waals surface area contributed by atoms with E-state index in [0.29, 0.717) is 10.8 Å². The molecule has 3 rings (SSSR count). The summed E-state index contributed by atoms with van der Waals surface area (Å²) in [5.41, 5.74) is 7.50. The maximum Gasteiger partial charge on any atom is -0.00390 e. The number of rotatable bonds is 1. The van der Waals surface area contributed by atoms with Crippen LogP contribution in [0.25, 0.3) is 0 Å². The molecule has 1 aromatic carbocycles. The first-order chi connectivity index (χ1) is 9.40. The van der Waals surface area contributed by atoms with Crippen molar-refractivity contribution in [1.29, 1.82) is 0 Å². The van der Waals surface area contributed by atoms with Crippen LogP contribution in [-0.2, 0) is 18.3 Å². The molecule has 2 unspecified atom stereocenters. The third kappa shape index (κ3) is 1.87. The molecule has 1 saturated carbocycles. The quantitative estimate of drug-likeness (QED) is 0.624. The van der Waals surface area contributed by atoms with E-state index in [1.54, 1.807) is 16.7 Å². The summed E-state index contributed by atoms with van der Waals surface area (Å²) < 4.78 is 0. The molecule has 1 fully saturated rings. The summed E-state index contributed by atoms with van der Waals surface area (Å²) >= 11 is 0. The van der Waals surface area contributed by atoms with E-state index in [1.807, 2.05) is 0 Å². The van der Waals surface area contributed by atoms with Crippen molar-refractivity contribution < 1.29 is 0 Å². The molecular formula is C20H30. The second kappa shape index (κ2) is 4.61. The smallest absolute Gasteiger partial charge is 0.00390 e. The zero-order valence-electron chi connectivity index (χ0n) is 14.0. The highest BCUT2D eigenvalue weighted by Crippen LogP contribution is 2.57. The molecule has 0 amide bonds. The number of hydrogen-bond acceptors (Lipinski definition) is 0. The van der Waals surface area contributed by atoms with E-state index in [1.165, 1.54) is 44.1 Å². The van der Waals surface area contributed by atoms with E-state index in [4.69, 9.17) is 0 Å². The molecule has 0 aliphatic heterocycles. The second-order valence-electron chi connectivity index (χ2n) is 8.09. The van der Waals surface area contributed by atoms with E-state index in [-0.39, 0.29) is 0 Å². The van der Waals surface area contributed by atoms with Gasteiger partial charge >= 0.3 is 0 Å². The van der Waals surface area contributed by atoms with Crippen molar-refractivity contribution in [2.75, 3.05) is 0 Å². The van der Waals surface area contributed by atoms with Crippen LogP contribution in [0.15, 0.2) is 12.1 Å². The second-order valence-corrected chi connectivity index (χ2v) is 8.09. The molecule has 20 heavy (non-hydrogen) atoms. The van der Waals surface area contributed by atoms with Crippen LogP contribution >= 0.6 is 0 Å². The lowest BCUT2D eigenvalue weighted by atomic mass is 9.50. The summed E-state index contributed by atoms with van der Waals surface area (Å²) in [5.74, 6) is 0.865. The van der Waals surface area contributed by atoms with Gasteiger partial charge in [0.2, 0.25) is 0 Å². The summed E-state index contributed by atoms with van der Waals surface area (Å²) in [4.78, 5) is 0. The van der Waals surface area contributed by atoms with Gasteiger partial charge in [-0.25, -0.2) is 0 Å². The molecule has 0 N–H and O–H groups in total. The molecule has 0 radical (unpaired) electrons. The normalized spacial score (nSPS) is 31.6. The van der Waals surface area contributed by atoms with Crippen LogP contribution in [0.3, 0.4) is 0 Å². The van der Waals surface area contributed by atoms with Crippen molar-refractivity contribution in [3.8, 4) is 0 Å². The molecule has 0 heteroatoms. The predicted octanol–water partition coefficient (Wildman–Crippen LogP) is 5.59. The zero-order chi connectivity index (χ0) is 14.5. The van der Waals surface area contributed by atoms with Gasteiger partial charge < -0.3 is 0 Å². The summed E-state index contributed by atoms with van der Waals surface area (Å²) in [6.07, 6.45) is 8.10.